The van der Waals surface area contributed by atoms with E-state index in [0.717, 1.165) is 24.2 Å². The summed E-state index contributed by atoms with van der Waals surface area (Å²) < 4.78 is 32.6. The fourth-order valence-electron chi connectivity index (χ4n) is 4.33. The van der Waals surface area contributed by atoms with E-state index in [1.54, 1.807) is 6.20 Å². The second-order valence-corrected chi connectivity index (χ2v) is 10.2. The SMILES string of the molecule is COc1cnc(C(F)F)cc1-c1cc(N2CCN3CNC=C3C2=O)ncc1C(=O)Nc1nnc(C#CC2CC2)s1. The number of rotatable bonds is 6. The number of halogens is 2. The van der Waals surface area contributed by atoms with Gasteiger partial charge in [0, 0.05) is 42.5 Å². The molecule has 3 aliphatic rings. The number of nitrogens with zero attached hydrogens (tertiary/aromatic N) is 6. The second kappa shape index (κ2) is 10.5. The van der Waals surface area contributed by atoms with Crippen LogP contribution in [0.1, 0.15) is 40.3 Å². The van der Waals surface area contributed by atoms with Crippen LogP contribution in [-0.4, -0.2) is 63.7 Å². The monoisotopic (exact) mass is 564 g/mol. The van der Waals surface area contributed by atoms with Crippen LogP contribution in [0.25, 0.3) is 11.1 Å². The highest BCUT2D eigenvalue weighted by atomic mass is 32.1. The first-order valence-corrected chi connectivity index (χ1v) is 13.2. The van der Waals surface area contributed by atoms with Crippen molar-refractivity contribution in [2.24, 2.45) is 5.92 Å². The first kappa shape index (κ1) is 25.6. The summed E-state index contributed by atoms with van der Waals surface area (Å²) in [5.74, 6) is 6.01. The van der Waals surface area contributed by atoms with Gasteiger partial charge in [0.25, 0.3) is 18.2 Å². The van der Waals surface area contributed by atoms with Gasteiger partial charge < -0.3 is 15.0 Å². The van der Waals surface area contributed by atoms with E-state index in [1.807, 2.05) is 4.90 Å². The Kier molecular flexibility index (Phi) is 6.72. The van der Waals surface area contributed by atoms with Crippen molar-refractivity contribution in [1.29, 1.82) is 0 Å². The number of hydrogen-bond donors (Lipinski definition) is 2. The molecule has 0 aromatic carbocycles. The molecule has 3 aromatic heterocycles. The zero-order valence-electron chi connectivity index (χ0n) is 21.1. The molecule has 204 valence electrons. The minimum atomic E-state index is -2.85. The topological polar surface area (TPSA) is 125 Å². The number of anilines is 2. The van der Waals surface area contributed by atoms with Crippen molar-refractivity contribution in [2.45, 2.75) is 19.3 Å². The largest absolute Gasteiger partial charge is 0.494 e. The van der Waals surface area contributed by atoms with E-state index in [0.29, 0.717) is 36.4 Å². The van der Waals surface area contributed by atoms with Gasteiger partial charge >= 0.3 is 0 Å². The van der Waals surface area contributed by atoms with Gasteiger partial charge in [-0.15, -0.1) is 10.2 Å². The summed E-state index contributed by atoms with van der Waals surface area (Å²) in [6.45, 7) is 1.46. The molecule has 0 unspecified atom stereocenters. The van der Waals surface area contributed by atoms with Gasteiger partial charge in [-0.3, -0.25) is 24.8 Å². The predicted molar refractivity (Wildman–Crippen MR) is 142 cm³/mol. The molecule has 2 amide bonds. The van der Waals surface area contributed by atoms with E-state index in [9.17, 15) is 18.4 Å². The van der Waals surface area contributed by atoms with E-state index in [1.165, 1.54) is 36.5 Å². The Hall–Kier alpha value is -4.64. The molecule has 0 bridgehead atoms. The van der Waals surface area contributed by atoms with Crippen molar-refractivity contribution >= 4 is 34.1 Å². The van der Waals surface area contributed by atoms with Crippen molar-refractivity contribution in [1.82, 2.24) is 30.4 Å². The van der Waals surface area contributed by atoms with Crippen LogP contribution in [0.3, 0.4) is 0 Å². The third kappa shape index (κ3) is 5.03. The lowest BCUT2D eigenvalue weighted by atomic mass is 9.99. The number of hydrogen-bond acceptors (Lipinski definition) is 10. The number of nitrogens with one attached hydrogen (secondary N) is 2. The molecule has 11 nitrogen and oxygen atoms in total. The number of alkyl halides is 2. The lowest BCUT2D eigenvalue weighted by Crippen LogP contribution is -2.48. The third-order valence-corrected chi connectivity index (χ3v) is 7.31. The van der Waals surface area contributed by atoms with Crippen LogP contribution in [0, 0.1) is 17.8 Å². The standard InChI is InChI=1S/C26H22F2N8O3S/c1-39-20-12-30-18(23(27)28)8-16(20)15-9-21(36-7-6-35-13-29-11-19(35)25(36)38)31-10-17(15)24(37)32-26-34-33-22(40-26)5-4-14-2-3-14/h8-12,14,23,29H,2-3,6-7,13H2,1H3,(H,32,34,37). The summed E-state index contributed by atoms with van der Waals surface area (Å²) in [5, 5.41) is 14.4. The maximum absolute atomic E-state index is 13.6. The maximum Gasteiger partial charge on any atom is 0.280 e. The van der Waals surface area contributed by atoms with E-state index >= 15 is 0 Å². The van der Waals surface area contributed by atoms with Crippen molar-refractivity contribution in [2.75, 3.05) is 37.1 Å². The van der Waals surface area contributed by atoms with Crippen LogP contribution < -0.4 is 20.3 Å². The first-order valence-electron chi connectivity index (χ1n) is 12.4. The van der Waals surface area contributed by atoms with Crippen LogP contribution in [0.2, 0.25) is 0 Å². The number of pyridine rings is 2. The molecule has 1 aliphatic carbocycles. The van der Waals surface area contributed by atoms with Gasteiger partial charge in [-0.05, 0) is 30.9 Å². The molecule has 2 N–H and O–H groups in total. The van der Waals surface area contributed by atoms with Crippen molar-refractivity contribution in [3.8, 4) is 28.7 Å². The Bertz CT molecular complexity index is 1590. The summed E-state index contributed by atoms with van der Waals surface area (Å²) in [6.07, 6.45) is 3.41. The van der Waals surface area contributed by atoms with Gasteiger partial charge in [-0.2, -0.15) is 0 Å². The summed E-state index contributed by atoms with van der Waals surface area (Å²) >= 11 is 1.12. The minimum Gasteiger partial charge on any atom is -0.494 e. The number of aromatic nitrogens is 4. The van der Waals surface area contributed by atoms with Gasteiger partial charge in [0.15, 0.2) is 5.01 Å². The number of methoxy groups -OCH3 is 1. The lowest BCUT2D eigenvalue weighted by Gasteiger charge is -2.33. The van der Waals surface area contributed by atoms with Gasteiger partial charge in [-0.25, -0.2) is 13.8 Å². The Morgan fingerprint density at radius 3 is 2.83 bits per heavy atom. The first-order chi connectivity index (χ1) is 19.4. The summed E-state index contributed by atoms with van der Waals surface area (Å²) in [6, 6.07) is 2.68. The molecule has 6 rings (SSSR count). The fourth-order valence-corrected chi connectivity index (χ4v) is 4.93. The average Bonchev–Trinajstić information content (AvgIpc) is 3.47. The van der Waals surface area contributed by atoms with E-state index in [-0.39, 0.29) is 39.3 Å². The van der Waals surface area contributed by atoms with Crippen molar-refractivity contribution in [3.05, 3.63) is 52.7 Å². The molecule has 5 heterocycles. The Balaban J connectivity index is 1.38. The van der Waals surface area contributed by atoms with Gasteiger partial charge in [0.1, 0.15) is 23.0 Å². The van der Waals surface area contributed by atoms with Crippen LogP contribution in [0.4, 0.5) is 19.7 Å². The number of amides is 2. The molecular weight excluding hydrogens is 542 g/mol. The highest BCUT2D eigenvalue weighted by molar-refractivity contribution is 7.15. The molecule has 2 fully saturated rings. The van der Waals surface area contributed by atoms with Gasteiger partial charge in [0.2, 0.25) is 5.13 Å². The number of ether oxygens (including phenoxy) is 1. The van der Waals surface area contributed by atoms with Gasteiger partial charge in [0.05, 0.1) is 25.5 Å². The number of carbonyl (C=O) groups is 2. The lowest BCUT2D eigenvalue weighted by molar-refractivity contribution is -0.117. The molecular formula is C26H22F2N8O3S. The Morgan fingerprint density at radius 2 is 2.05 bits per heavy atom. The third-order valence-electron chi connectivity index (χ3n) is 6.56. The number of carbonyl (C=O) groups excluding carboxylic acids is 2. The van der Waals surface area contributed by atoms with Crippen LogP contribution in [0.15, 0.2) is 36.4 Å². The fraction of sp³-hybridized carbons (Fsp3) is 0.308. The average molecular weight is 565 g/mol. The zero-order valence-corrected chi connectivity index (χ0v) is 22.0. The van der Waals surface area contributed by atoms with Crippen LogP contribution in [0.5, 0.6) is 5.75 Å². The Morgan fingerprint density at radius 1 is 1.20 bits per heavy atom. The van der Waals surface area contributed by atoms with E-state index in [2.05, 4.69) is 42.6 Å². The molecule has 14 heteroatoms. The molecule has 40 heavy (non-hydrogen) atoms. The minimum absolute atomic E-state index is 0.0575. The number of piperazine rings is 1. The molecule has 1 saturated carbocycles. The zero-order chi connectivity index (χ0) is 27.8. The quantitative estimate of drug-likeness (QED) is 0.435. The summed E-state index contributed by atoms with van der Waals surface area (Å²) in [7, 11) is 1.37. The molecule has 3 aromatic rings. The number of fused-ring (bicyclic) bond motifs is 1. The summed E-state index contributed by atoms with van der Waals surface area (Å²) in [5.41, 5.74) is 0.491. The van der Waals surface area contributed by atoms with Crippen molar-refractivity contribution in [3.63, 3.8) is 0 Å². The molecule has 1 saturated heterocycles. The highest BCUT2D eigenvalue weighted by Crippen LogP contribution is 2.37. The van der Waals surface area contributed by atoms with Crippen LogP contribution in [-0.2, 0) is 4.79 Å². The predicted octanol–water partition coefficient (Wildman–Crippen LogP) is 3.01. The molecule has 0 spiro atoms. The molecule has 0 radical (unpaired) electrons. The van der Waals surface area contributed by atoms with Gasteiger partial charge in [-0.1, -0.05) is 17.3 Å². The Labute approximate surface area is 231 Å². The van der Waals surface area contributed by atoms with Crippen LogP contribution >= 0.6 is 11.3 Å². The van der Waals surface area contributed by atoms with Crippen molar-refractivity contribution < 1.29 is 23.1 Å². The normalized spacial score (nSPS) is 16.2. The summed E-state index contributed by atoms with van der Waals surface area (Å²) in [4.78, 5) is 38.2. The second-order valence-electron chi connectivity index (χ2n) is 9.22. The van der Waals surface area contributed by atoms with E-state index < -0.39 is 18.0 Å². The highest BCUT2D eigenvalue weighted by Gasteiger charge is 2.33. The maximum atomic E-state index is 13.6. The molecule has 0 atom stereocenters. The molecule has 2 aliphatic heterocycles. The van der Waals surface area contributed by atoms with E-state index in [4.69, 9.17) is 4.74 Å². The smallest absolute Gasteiger partial charge is 0.280 e.